The molecule has 0 saturated heterocycles. The first-order valence-corrected chi connectivity index (χ1v) is 14.4. The molecular weight excluding hydrogens is 534 g/mol. The minimum atomic E-state index is -0.0985. The topological polar surface area (TPSA) is 73.9 Å². The van der Waals surface area contributed by atoms with Crippen LogP contribution in [0.3, 0.4) is 0 Å². The molecule has 4 aromatic carbocycles. The standard InChI is InChI=1S/C35H29N7O/c1-35(2,3)23-18-24(40-22-41-34(37-38-39-41)29-11-5-6-12-30(29)40)20-26(19-23)43-25-15-16-28-27-10-4-7-13-31(27)42(32(28)21-25)33-14-8-9-17-36-33/h4-21H,22H2,1-3H3. The lowest BCUT2D eigenvalue weighted by Crippen LogP contribution is -2.27. The lowest BCUT2D eigenvalue weighted by atomic mass is 9.86. The van der Waals surface area contributed by atoms with Crippen molar-refractivity contribution < 1.29 is 4.74 Å². The van der Waals surface area contributed by atoms with Crippen molar-refractivity contribution in [3.05, 3.63) is 115 Å². The number of hydrogen-bond donors (Lipinski definition) is 0. The minimum absolute atomic E-state index is 0.0985. The van der Waals surface area contributed by atoms with Gasteiger partial charge in [0, 0.05) is 40.4 Å². The molecule has 7 aromatic rings. The zero-order valence-corrected chi connectivity index (χ0v) is 24.1. The van der Waals surface area contributed by atoms with Gasteiger partial charge in [0.25, 0.3) is 0 Å². The van der Waals surface area contributed by atoms with Gasteiger partial charge in [0.05, 0.1) is 16.7 Å². The van der Waals surface area contributed by atoms with Crippen LogP contribution >= 0.6 is 0 Å². The van der Waals surface area contributed by atoms with Gasteiger partial charge in [-0.1, -0.05) is 57.2 Å². The number of rotatable bonds is 4. The minimum Gasteiger partial charge on any atom is -0.457 e. The number of aromatic nitrogens is 6. The van der Waals surface area contributed by atoms with Crippen molar-refractivity contribution in [3.8, 4) is 28.7 Å². The third-order valence-electron chi connectivity index (χ3n) is 8.07. The molecule has 1 aliphatic heterocycles. The highest BCUT2D eigenvalue weighted by Crippen LogP contribution is 2.42. The van der Waals surface area contributed by atoms with E-state index in [0.717, 1.165) is 56.5 Å². The summed E-state index contributed by atoms with van der Waals surface area (Å²) < 4.78 is 10.7. The first-order valence-electron chi connectivity index (χ1n) is 14.4. The molecule has 1 aliphatic rings. The molecule has 210 valence electrons. The average molecular weight is 564 g/mol. The van der Waals surface area contributed by atoms with Gasteiger partial charge in [-0.15, -0.1) is 5.10 Å². The van der Waals surface area contributed by atoms with Crippen LogP contribution in [-0.4, -0.2) is 29.8 Å². The highest BCUT2D eigenvalue weighted by molar-refractivity contribution is 6.09. The zero-order chi connectivity index (χ0) is 29.1. The molecule has 0 fully saturated rings. The Morgan fingerprint density at radius 3 is 2.42 bits per heavy atom. The normalized spacial score (nSPS) is 12.9. The van der Waals surface area contributed by atoms with Crippen LogP contribution in [-0.2, 0) is 12.1 Å². The van der Waals surface area contributed by atoms with Crippen molar-refractivity contribution in [2.75, 3.05) is 4.90 Å². The lowest BCUT2D eigenvalue weighted by molar-refractivity contribution is 0.478. The number of ether oxygens (including phenoxy) is 1. The van der Waals surface area contributed by atoms with Crippen molar-refractivity contribution in [2.45, 2.75) is 32.9 Å². The van der Waals surface area contributed by atoms with Gasteiger partial charge in [0.1, 0.15) is 24.0 Å². The Balaban J connectivity index is 1.25. The molecule has 0 bridgehead atoms. The monoisotopic (exact) mass is 563 g/mol. The molecule has 0 N–H and O–H groups in total. The third kappa shape index (κ3) is 4.22. The van der Waals surface area contributed by atoms with Crippen LogP contribution in [0, 0.1) is 0 Å². The Morgan fingerprint density at radius 1 is 0.744 bits per heavy atom. The average Bonchev–Trinajstić information content (AvgIpc) is 3.63. The van der Waals surface area contributed by atoms with Gasteiger partial charge in [-0.05, 0) is 76.0 Å². The Labute approximate surface area is 248 Å². The summed E-state index contributed by atoms with van der Waals surface area (Å²) in [6, 6.07) is 35.4. The first-order chi connectivity index (χ1) is 20.9. The summed E-state index contributed by atoms with van der Waals surface area (Å²) in [7, 11) is 0. The van der Waals surface area contributed by atoms with Gasteiger partial charge in [0.15, 0.2) is 5.82 Å². The van der Waals surface area contributed by atoms with Crippen LogP contribution < -0.4 is 9.64 Å². The van der Waals surface area contributed by atoms with E-state index in [4.69, 9.17) is 4.74 Å². The molecule has 3 aromatic heterocycles. The molecule has 0 amide bonds. The Bertz CT molecular complexity index is 2140. The van der Waals surface area contributed by atoms with Crippen molar-refractivity contribution >= 4 is 33.2 Å². The Hall–Kier alpha value is -5.50. The van der Waals surface area contributed by atoms with E-state index in [2.05, 4.69) is 117 Å². The van der Waals surface area contributed by atoms with E-state index in [1.54, 1.807) is 0 Å². The van der Waals surface area contributed by atoms with Gasteiger partial charge < -0.3 is 9.64 Å². The number of tetrazole rings is 1. The van der Waals surface area contributed by atoms with Crippen LogP contribution in [0.4, 0.5) is 11.4 Å². The second-order valence-electron chi connectivity index (χ2n) is 11.9. The number of pyridine rings is 1. The van der Waals surface area contributed by atoms with E-state index in [1.165, 1.54) is 10.9 Å². The van der Waals surface area contributed by atoms with Crippen LogP contribution in [0.1, 0.15) is 26.3 Å². The number of nitrogens with zero attached hydrogens (tertiary/aromatic N) is 7. The molecular formula is C35H29N7O. The first kappa shape index (κ1) is 25.2. The smallest absolute Gasteiger partial charge is 0.185 e. The molecule has 43 heavy (non-hydrogen) atoms. The number of benzene rings is 4. The quantitative estimate of drug-likeness (QED) is 0.216. The fourth-order valence-electron chi connectivity index (χ4n) is 5.94. The molecule has 8 heteroatoms. The zero-order valence-electron chi connectivity index (χ0n) is 24.1. The predicted octanol–water partition coefficient (Wildman–Crippen LogP) is 8.03. The van der Waals surface area contributed by atoms with Crippen LogP contribution in [0.15, 0.2) is 109 Å². The van der Waals surface area contributed by atoms with Gasteiger partial charge in [0.2, 0.25) is 0 Å². The number of anilines is 2. The molecule has 4 heterocycles. The van der Waals surface area contributed by atoms with E-state index in [-0.39, 0.29) is 5.41 Å². The highest BCUT2D eigenvalue weighted by atomic mass is 16.5. The Morgan fingerprint density at radius 2 is 1.56 bits per heavy atom. The SMILES string of the molecule is CC(C)(C)c1cc(Oc2ccc3c4ccccc4n(-c4ccccn4)c3c2)cc(N2Cn3nnnc3-c3ccccc32)c1. The highest BCUT2D eigenvalue weighted by Gasteiger charge is 2.27. The molecule has 0 spiro atoms. The van der Waals surface area contributed by atoms with E-state index < -0.39 is 0 Å². The molecule has 0 aliphatic carbocycles. The molecule has 0 radical (unpaired) electrons. The second-order valence-corrected chi connectivity index (χ2v) is 11.9. The molecule has 8 rings (SSSR count). The Kier molecular flexibility index (Phi) is 5.59. The second kappa shape index (κ2) is 9.52. The lowest BCUT2D eigenvalue weighted by Gasteiger charge is -2.32. The summed E-state index contributed by atoms with van der Waals surface area (Å²) in [6.45, 7) is 7.16. The molecule has 8 nitrogen and oxygen atoms in total. The van der Waals surface area contributed by atoms with E-state index in [1.807, 2.05) is 47.3 Å². The number of hydrogen-bond acceptors (Lipinski definition) is 6. The summed E-state index contributed by atoms with van der Waals surface area (Å²) in [5.74, 6) is 3.16. The van der Waals surface area contributed by atoms with Crippen LogP contribution in [0.5, 0.6) is 11.5 Å². The summed E-state index contributed by atoms with van der Waals surface area (Å²) in [5.41, 5.74) is 6.29. The summed E-state index contributed by atoms with van der Waals surface area (Å²) in [6.07, 6.45) is 1.83. The van der Waals surface area contributed by atoms with Gasteiger partial charge >= 0.3 is 0 Å². The molecule has 0 atom stereocenters. The summed E-state index contributed by atoms with van der Waals surface area (Å²) >= 11 is 0. The predicted molar refractivity (Wildman–Crippen MR) is 169 cm³/mol. The number of para-hydroxylation sites is 2. The summed E-state index contributed by atoms with van der Waals surface area (Å²) in [5, 5.41) is 14.8. The summed E-state index contributed by atoms with van der Waals surface area (Å²) in [4.78, 5) is 6.91. The van der Waals surface area contributed by atoms with Crippen LogP contribution in [0.25, 0.3) is 39.0 Å². The van der Waals surface area contributed by atoms with E-state index in [0.29, 0.717) is 6.67 Å². The van der Waals surface area contributed by atoms with E-state index in [9.17, 15) is 0 Å². The maximum absolute atomic E-state index is 6.68. The van der Waals surface area contributed by atoms with Crippen molar-refractivity contribution in [1.82, 2.24) is 29.8 Å². The maximum Gasteiger partial charge on any atom is 0.185 e. The van der Waals surface area contributed by atoms with E-state index >= 15 is 0 Å². The molecule has 0 saturated carbocycles. The fraction of sp³-hybridized carbons (Fsp3) is 0.143. The third-order valence-corrected chi connectivity index (χ3v) is 8.07. The number of fused-ring (bicyclic) bond motifs is 6. The van der Waals surface area contributed by atoms with Gasteiger partial charge in [-0.3, -0.25) is 4.57 Å². The van der Waals surface area contributed by atoms with Gasteiger partial charge in [-0.25, -0.2) is 9.67 Å². The van der Waals surface area contributed by atoms with Crippen molar-refractivity contribution in [3.63, 3.8) is 0 Å². The van der Waals surface area contributed by atoms with Crippen molar-refractivity contribution in [2.24, 2.45) is 0 Å². The maximum atomic E-state index is 6.68. The van der Waals surface area contributed by atoms with Crippen LogP contribution in [0.2, 0.25) is 0 Å². The molecule has 0 unspecified atom stereocenters. The fourth-order valence-corrected chi connectivity index (χ4v) is 5.94. The van der Waals surface area contributed by atoms with Crippen molar-refractivity contribution in [1.29, 1.82) is 0 Å². The van der Waals surface area contributed by atoms with Gasteiger partial charge in [-0.2, -0.15) is 0 Å². The largest absolute Gasteiger partial charge is 0.457 e.